The van der Waals surface area contributed by atoms with Crippen LogP contribution in [-0.2, 0) is 22.7 Å². The summed E-state index contributed by atoms with van der Waals surface area (Å²) in [5, 5.41) is 4.68. The van der Waals surface area contributed by atoms with Crippen molar-refractivity contribution in [3.8, 4) is 5.88 Å². The number of esters is 1. The lowest BCUT2D eigenvalue weighted by molar-refractivity contribution is -0.148. The second-order valence-electron chi connectivity index (χ2n) is 11.8. The third kappa shape index (κ3) is 7.46. The van der Waals surface area contributed by atoms with Crippen molar-refractivity contribution in [1.82, 2.24) is 9.61 Å². The Kier molecular flexibility index (Phi) is 9.36. The lowest BCUT2D eigenvalue weighted by atomic mass is 9.78. The quantitative estimate of drug-likeness (QED) is 0.0819. The van der Waals surface area contributed by atoms with Crippen LogP contribution in [0.4, 0.5) is 17.6 Å². The minimum Gasteiger partial charge on any atom is -0.473 e. The third-order valence-electron chi connectivity index (χ3n) is 7.96. The first-order valence-electron chi connectivity index (χ1n) is 14.6. The topological polar surface area (TPSA) is 69.9 Å². The van der Waals surface area contributed by atoms with Gasteiger partial charge in [-0.15, -0.1) is 0 Å². The monoisotopic (exact) mass is 610 g/mol. The van der Waals surface area contributed by atoms with Crippen molar-refractivity contribution in [2.24, 2.45) is 5.41 Å². The second-order valence-corrected chi connectivity index (χ2v) is 11.8. The van der Waals surface area contributed by atoms with E-state index in [1.165, 1.54) is 10.6 Å². The van der Waals surface area contributed by atoms with E-state index in [0.717, 1.165) is 36.1 Å². The smallest absolute Gasteiger partial charge is 0.306 e. The van der Waals surface area contributed by atoms with Gasteiger partial charge in [-0.05, 0) is 60.9 Å². The molecule has 44 heavy (non-hydrogen) atoms. The van der Waals surface area contributed by atoms with Crippen LogP contribution in [0.1, 0.15) is 84.1 Å². The molecule has 5 rings (SSSR count). The summed E-state index contributed by atoms with van der Waals surface area (Å²) in [5.41, 5.74) is 1.55. The van der Waals surface area contributed by atoms with E-state index in [1.54, 1.807) is 38.1 Å². The summed E-state index contributed by atoms with van der Waals surface area (Å²) in [6.45, 7) is 3.02. The summed E-state index contributed by atoms with van der Waals surface area (Å²) in [7, 11) is 0. The molecule has 1 atom stereocenters. The van der Waals surface area contributed by atoms with Gasteiger partial charge in [-0.1, -0.05) is 43.3 Å². The van der Waals surface area contributed by atoms with Gasteiger partial charge in [0.05, 0.1) is 28.8 Å². The summed E-state index contributed by atoms with van der Waals surface area (Å²) < 4.78 is 68.4. The molecule has 2 aromatic heterocycles. The number of ketones is 1. The number of aromatic nitrogens is 2. The van der Waals surface area contributed by atoms with Gasteiger partial charge in [0.1, 0.15) is 24.8 Å². The van der Waals surface area contributed by atoms with Crippen LogP contribution in [0.25, 0.3) is 5.52 Å². The molecular formula is C34H34F4N2O4. The number of rotatable bonds is 14. The highest BCUT2D eigenvalue weighted by Gasteiger charge is 2.36. The molecule has 1 aliphatic rings. The second kappa shape index (κ2) is 13.2. The van der Waals surface area contributed by atoms with E-state index in [2.05, 4.69) is 5.10 Å². The number of fused-ring (bicyclic) bond motifs is 1. The molecule has 4 aromatic rings. The van der Waals surface area contributed by atoms with E-state index < -0.39 is 35.9 Å². The number of aryl methyl sites for hydroxylation is 1. The largest absolute Gasteiger partial charge is 0.473 e. The van der Waals surface area contributed by atoms with Gasteiger partial charge in [-0.25, -0.2) is 22.1 Å². The first kappa shape index (κ1) is 31.2. The maximum absolute atomic E-state index is 14.2. The highest BCUT2D eigenvalue weighted by molar-refractivity contribution is 6.04. The van der Waals surface area contributed by atoms with Gasteiger partial charge < -0.3 is 9.47 Å². The number of hydrogen-bond donors (Lipinski definition) is 0. The Bertz CT molecular complexity index is 1630. The van der Waals surface area contributed by atoms with Crippen LogP contribution in [0.15, 0.2) is 60.7 Å². The fraction of sp³-hybridized carbons (Fsp3) is 0.382. The summed E-state index contributed by atoms with van der Waals surface area (Å²) >= 11 is 0. The lowest BCUT2D eigenvalue weighted by Crippen LogP contribution is -2.26. The minimum absolute atomic E-state index is 0.0316. The van der Waals surface area contributed by atoms with Crippen LogP contribution in [0.3, 0.4) is 0 Å². The number of benzene rings is 2. The summed E-state index contributed by atoms with van der Waals surface area (Å²) in [6, 6.07) is 16.1. The highest BCUT2D eigenvalue weighted by Crippen LogP contribution is 2.44. The molecule has 0 aliphatic heterocycles. The van der Waals surface area contributed by atoms with Crippen LogP contribution < -0.4 is 4.74 Å². The molecule has 0 spiro atoms. The summed E-state index contributed by atoms with van der Waals surface area (Å²) in [6.07, 6.45) is -1.84. The molecule has 2 aromatic carbocycles. The minimum atomic E-state index is -2.67. The first-order valence-corrected chi connectivity index (χ1v) is 14.6. The van der Waals surface area contributed by atoms with Crippen molar-refractivity contribution in [3.63, 3.8) is 0 Å². The third-order valence-corrected chi connectivity index (χ3v) is 7.96. The molecule has 0 N–H and O–H groups in total. The molecule has 0 radical (unpaired) electrons. The average molecular weight is 611 g/mol. The zero-order valence-electron chi connectivity index (χ0n) is 24.6. The van der Waals surface area contributed by atoms with Gasteiger partial charge in [-0.3, -0.25) is 9.59 Å². The number of pyridine rings is 1. The van der Waals surface area contributed by atoms with Crippen molar-refractivity contribution in [1.29, 1.82) is 0 Å². The SMILES string of the molecule is Cc1cc(OCc2c(F)cccc2F)n2nc(C3CC3)c(C(=O)CCC(C)(CC(=O)OCc3ccccc3)CC(F)F)c2c1. The number of carbonyl (C=O) groups excluding carboxylic acids is 2. The number of carbonyl (C=O) groups is 2. The molecule has 2 heterocycles. The molecule has 0 saturated heterocycles. The van der Waals surface area contributed by atoms with Crippen molar-refractivity contribution in [3.05, 3.63) is 100 Å². The van der Waals surface area contributed by atoms with Gasteiger partial charge in [0, 0.05) is 24.8 Å². The number of alkyl halides is 2. The molecule has 6 nitrogen and oxygen atoms in total. The van der Waals surface area contributed by atoms with Crippen molar-refractivity contribution in [2.45, 2.75) is 77.9 Å². The van der Waals surface area contributed by atoms with E-state index in [0.29, 0.717) is 16.8 Å². The summed E-state index contributed by atoms with van der Waals surface area (Å²) in [4.78, 5) is 26.5. The van der Waals surface area contributed by atoms with Gasteiger partial charge in [0.2, 0.25) is 12.3 Å². The molecule has 10 heteroatoms. The van der Waals surface area contributed by atoms with Crippen LogP contribution in [-0.4, -0.2) is 27.8 Å². The van der Waals surface area contributed by atoms with Gasteiger partial charge in [0.25, 0.3) is 0 Å². The lowest BCUT2D eigenvalue weighted by Gasteiger charge is -2.28. The maximum atomic E-state index is 14.2. The predicted octanol–water partition coefficient (Wildman–Crippen LogP) is 8.14. The molecule has 0 bridgehead atoms. The van der Waals surface area contributed by atoms with Crippen LogP contribution in [0, 0.1) is 24.0 Å². The zero-order chi connectivity index (χ0) is 31.4. The number of hydrogen-bond acceptors (Lipinski definition) is 5. The van der Waals surface area contributed by atoms with Crippen LogP contribution in [0.5, 0.6) is 5.88 Å². The molecule has 1 unspecified atom stereocenters. The van der Waals surface area contributed by atoms with Crippen molar-refractivity contribution < 1.29 is 36.6 Å². The van der Waals surface area contributed by atoms with E-state index in [4.69, 9.17) is 9.47 Å². The Balaban J connectivity index is 1.35. The molecule has 1 saturated carbocycles. The Labute approximate surface area is 253 Å². The molecule has 1 fully saturated rings. The number of halogens is 4. The Morgan fingerprint density at radius 2 is 1.73 bits per heavy atom. The maximum Gasteiger partial charge on any atom is 0.306 e. The van der Waals surface area contributed by atoms with E-state index in [9.17, 15) is 27.2 Å². The molecule has 0 amide bonds. The fourth-order valence-electron chi connectivity index (χ4n) is 5.42. The Hall–Kier alpha value is -4.21. The predicted molar refractivity (Wildman–Crippen MR) is 156 cm³/mol. The van der Waals surface area contributed by atoms with Crippen LogP contribution in [0.2, 0.25) is 0 Å². The highest BCUT2D eigenvalue weighted by atomic mass is 19.3. The van der Waals surface area contributed by atoms with E-state index >= 15 is 0 Å². The number of ether oxygens (including phenoxy) is 2. The summed E-state index contributed by atoms with van der Waals surface area (Å²) in [5.74, 6) is -2.09. The average Bonchev–Trinajstić information content (AvgIpc) is 3.75. The first-order chi connectivity index (χ1) is 21.0. The van der Waals surface area contributed by atoms with E-state index in [1.807, 2.05) is 18.2 Å². The molecular weight excluding hydrogens is 576 g/mol. The van der Waals surface area contributed by atoms with Gasteiger partial charge in [-0.2, -0.15) is 5.10 Å². The van der Waals surface area contributed by atoms with Crippen molar-refractivity contribution in [2.75, 3.05) is 0 Å². The standard InChI is InChI=1S/C34H34F4N2O4/c1-21-15-27-32(28(41)13-14-34(2,17-29(37)38)18-31(42)44-19-22-7-4-3-5-8-22)33(23-11-12-23)39-40(27)30(16-21)43-20-24-25(35)9-6-10-26(24)36/h3-10,15-16,23,29H,11-14,17-20H2,1-2H3. The number of Topliss-reactive ketones (excluding diaryl/α,β-unsaturated/α-hetero) is 1. The van der Waals surface area contributed by atoms with E-state index in [-0.39, 0.29) is 55.6 Å². The Morgan fingerprint density at radius 3 is 2.39 bits per heavy atom. The number of nitrogens with zero attached hydrogens (tertiary/aromatic N) is 2. The fourth-order valence-corrected chi connectivity index (χ4v) is 5.42. The van der Waals surface area contributed by atoms with Gasteiger partial charge >= 0.3 is 5.97 Å². The molecule has 232 valence electrons. The van der Waals surface area contributed by atoms with Crippen LogP contribution >= 0.6 is 0 Å². The van der Waals surface area contributed by atoms with Gasteiger partial charge in [0.15, 0.2) is 5.78 Å². The normalized spacial score (nSPS) is 14.5. The molecule has 1 aliphatic carbocycles. The van der Waals surface area contributed by atoms with Crippen molar-refractivity contribution >= 4 is 17.3 Å². The zero-order valence-corrected chi connectivity index (χ0v) is 24.6. The Morgan fingerprint density at radius 1 is 1.02 bits per heavy atom.